The Kier molecular flexibility index (Phi) is 5.16. The summed E-state index contributed by atoms with van der Waals surface area (Å²) in [6, 6.07) is 15.9. The molecule has 32 heavy (non-hydrogen) atoms. The van der Waals surface area contributed by atoms with E-state index >= 15 is 0 Å². The van der Waals surface area contributed by atoms with Crippen LogP contribution in [0.2, 0.25) is 0 Å². The number of aryl methyl sites for hydroxylation is 1. The lowest BCUT2D eigenvalue weighted by Crippen LogP contribution is -2.36. The van der Waals surface area contributed by atoms with Gasteiger partial charge in [-0.1, -0.05) is 48.5 Å². The SMILES string of the molecule is Cc1nc(CO)c2c(n1)N(Cc1ccc(-c3ccccc3-c3nn[nH]n3)cc1)C(=O)CC2. The van der Waals surface area contributed by atoms with Gasteiger partial charge in [-0.15, -0.1) is 10.2 Å². The zero-order valence-corrected chi connectivity index (χ0v) is 17.5. The molecule has 0 saturated carbocycles. The first-order valence-electron chi connectivity index (χ1n) is 10.3. The lowest BCUT2D eigenvalue weighted by atomic mass is 9.98. The maximum absolute atomic E-state index is 12.7. The molecule has 9 nitrogen and oxygen atoms in total. The Bertz CT molecular complexity index is 1270. The van der Waals surface area contributed by atoms with Crippen molar-refractivity contribution in [1.82, 2.24) is 30.6 Å². The highest BCUT2D eigenvalue weighted by Crippen LogP contribution is 2.32. The molecule has 0 unspecified atom stereocenters. The third-order valence-electron chi connectivity index (χ3n) is 5.60. The van der Waals surface area contributed by atoms with Crippen LogP contribution in [-0.2, 0) is 24.4 Å². The molecule has 4 aromatic rings. The topological polar surface area (TPSA) is 121 Å². The maximum Gasteiger partial charge on any atom is 0.228 e. The van der Waals surface area contributed by atoms with Crippen LogP contribution in [0.1, 0.15) is 29.1 Å². The molecular weight excluding hydrogens is 406 g/mol. The van der Waals surface area contributed by atoms with Gasteiger partial charge in [-0.2, -0.15) is 5.21 Å². The van der Waals surface area contributed by atoms with Crippen molar-refractivity contribution >= 4 is 11.7 Å². The van der Waals surface area contributed by atoms with Crippen molar-refractivity contribution in [2.24, 2.45) is 0 Å². The number of nitrogens with zero attached hydrogens (tertiary/aromatic N) is 6. The van der Waals surface area contributed by atoms with Gasteiger partial charge in [0, 0.05) is 17.5 Å². The number of aromatic amines is 1. The van der Waals surface area contributed by atoms with Crippen LogP contribution in [0.4, 0.5) is 5.82 Å². The number of rotatable bonds is 5. The van der Waals surface area contributed by atoms with Crippen LogP contribution in [-0.4, -0.2) is 41.6 Å². The van der Waals surface area contributed by atoms with Crippen LogP contribution >= 0.6 is 0 Å². The van der Waals surface area contributed by atoms with E-state index < -0.39 is 0 Å². The van der Waals surface area contributed by atoms with Crippen molar-refractivity contribution in [2.75, 3.05) is 4.90 Å². The number of aliphatic hydroxyl groups excluding tert-OH is 1. The number of carbonyl (C=O) groups excluding carboxylic acids is 1. The number of nitrogens with one attached hydrogen (secondary N) is 1. The predicted octanol–water partition coefficient (Wildman–Crippen LogP) is 2.60. The van der Waals surface area contributed by atoms with Gasteiger partial charge in [-0.05, 0) is 35.2 Å². The fourth-order valence-electron chi connectivity index (χ4n) is 4.07. The largest absolute Gasteiger partial charge is 0.390 e. The Balaban J connectivity index is 1.45. The molecule has 3 heterocycles. The summed E-state index contributed by atoms with van der Waals surface area (Å²) in [7, 11) is 0. The zero-order chi connectivity index (χ0) is 22.1. The van der Waals surface area contributed by atoms with E-state index in [1.165, 1.54) is 0 Å². The van der Waals surface area contributed by atoms with Gasteiger partial charge in [-0.25, -0.2) is 9.97 Å². The van der Waals surface area contributed by atoms with E-state index in [0.29, 0.717) is 42.5 Å². The minimum Gasteiger partial charge on any atom is -0.390 e. The number of fused-ring (bicyclic) bond motifs is 1. The number of hydrogen-bond donors (Lipinski definition) is 2. The van der Waals surface area contributed by atoms with E-state index in [4.69, 9.17) is 0 Å². The summed E-state index contributed by atoms with van der Waals surface area (Å²) in [5.41, 5.74) is 5.32. The molecule has 160 valence electrons. The van der Waals surface area contributed by atoms with Crippen molar-refractivity contribution in [3.05, 3.63) is 71.2 Å². The Morgan fingerprint density at radius 1 is 1.03 bits per heavy atom. The number of anilines is 1. The first-order chi connectivity index (χ1) is 15.6. The summed E-state index contributed by atoms with van der Waals surface area (Å²) in [4.78, 5) is 23.3. The first-order valence-corrected chi connectivity index (χ1v) is 10.3. The van der Waals surface area contributed by atoms with Crippen LogP contribution in [0, 0.1) is 6.92 Å². The number of aromatic nitrogens is 6. The van der Waals surface area contributed by atoms with Crippen molar-refractivity contribution in [1.29, 1.82) is 0 Å². The highest BCUT2D eigenvalue weighted by atomic mass is 16.3. The molecular formula is C23H21N7O2. The van der Waals surface area contributed by atoms with E-state index in [1.54, 1.807) is 11.8 Å². The summed E-state index contributed by atoms with van der Waals surface area (Å²) < 4.78 is 0. The standard InChI is InChI=1S/C23H21N7O2/c1-14-24-20(13-31)19-10-11-21(32)30(23(19)25-14)12-15-6-8-16(9-7-15)17-4-2-3-5-18(17)22-26-28-29-27-22/h2-9,31H,10-13H2,1H3,(H,26,27,28,29). The number of aliphatic hydroxyl groups is 1. The molecule has 9 heteroatoms. The van der Waals surface area contributed by atoms with E-state index in [1.807, 2.05) is 48.5 Å². The van der Waals surface area contributed by atoms with Gasteiger partial charge in [0.15, 0.2) is 0 Å². The second kappa shape index (κ2) is 8.27. The fraction of sp³-hybridized carbons (Fsp3) is 0.217. The van der Waals surface area contributed by atoms with Gasteiger partial charge < -0.3 is 5.11 Å². The summed E-state index contributed by atoms with van der Waals surface area (Å²) in [5.74, 6) is 1.70. The van der Waals surface area contributed by atoms with Crippen molar-refractivity contribution in [3.63, 3.8) is 0 Å². The van der Waals surface area contributed by atoms with Crippen molar-refractivity contribution in [3.8, 4) is 22.5 Å². The molecule has 1 aliphatic rings. The Labute approximate surface area is 184 Å². The number of benzene rings is 2. The number of amides is 1. The normalized spacial score (nSPS) is 13.3. The van der Waals surface area contributed by atoms with E-state index in [-0.39, 0.29) is 12.5 Å². The molecule has 0 radical (unpaired) electrons. The van der Waals surface area contributed by atoms with Gasteiger partial charge in [0.2, 0.25) is 11.7 Å². The van der Waals surface area contributed by atoms with Crippen LogP contribution in [0.15, 0.2) is 48.5 Å². The molecule has 0 fully saturated rings. The minimum atomic E-state index is -0.164. The number of H-pyrrole nitrogens is 1. The van der Waals surface area contributed by atoms with Gasteiger partial charge in [0.1, 0.15) is 11.6 Å². The lowest BCUT2D eigenvalue weighted by molar-refractivity contribution is -0.119. The minimum absolute atomic E-state index is 0.0195. The molecule has 2 aromatic heterocycles. The molecule has 5 rings (SSSR count). The predicted molar refractivity (Wildman–Crippen MR) is 117 cm³/mol. The molecule has 2 aromatic carbocycles. The lowest BCUT2D eigenvalue weighted by Gasteiger charge is -2.29. The highest BCUT2D eigenvalue weighted by Gasteiger charge is 2.28. The number of tetrazole rings is 1. The molecule has 0 spiro atoms. The van der Waals surface area contributed by atoms with E-state index in [2.05, 4.69) is 30.6 Å². The Morgan fingerprint density at radius 2 is 1.81 bits per heavy atom. The molecule has 1 aliphatic heterocycles. The summed E-state index contributed by atoms with van der Waals surface area (Å²) >= 11 is 0. The zero-order valence-electron chi connectivity index (χ0n) is 17.5. The quantitative estimate of drug-likeness (QED) is 0.502. The third-order valence-corrected chi connectivity index (χ3v) is 5.60. The fourth-order valence-corrected chi connectivity index (χ4v) is 4.07. The van der Waals surface area contributed by atoms with Gasteiger partial charge in [-0.3, -0.25) is 9.69 Å². The number of hydrogen-bond acceptors (Lipinski definition) is 7. The molecule has 1 amide bonds. The van der Waals surface area contributed by atoms with Crippen LogP contribution in [0.3, 0.4) is 0 Å². The summed E-state index contributed by atoms with van der Waals surface area (Å²) in [5, 5.41) is 24.0. The van der Waals surface area contributed by atoms with Gasteiger partial charge in [0.25, 0.3) is 0 Å². The third kappa shape index (κ3) is 3.63. The second-order valence-corrected chi connectivity index (χ2v) is 7.64. The van der Waals surface area contributed by atoms with Crippen molar-refractivity contribution < 1.29 is 9.90 Å². The average molecular weight is 427 g/mol. The Hall–Kier alpha value is -3.98. The molecule has 0 aliphatic carbocycles. The molecule has 2 N–H and O–H groups in total. The van der Waals surface area contributed by atoms with E-state index in [0.717, 1.165) is 27.8 Å². The molecule has 0 saturated heterocycles. The van der Waals surface area contributed by atoms with Gasteiger partial charge in [0.05, 0.1) is 18.8 Å². The van der Waals surface area contributed by atoms with Crippen molar-refractivity contribution in [2.45, 2.75) is 32.9 Å². The smallest absolute Gasteiger partial charge is 0.228 e. The van der Waals surface area contributed by atoms with Crippen LogP contribution in [0.25, 0.3) is 22.5 Å². The maximum atomic E-state index is 12.7. The molecule has 0 bridgehead atoms. The van der Waals surface area contributed by atoms with Crippen LogP contribution in [0.5, 0.6) is 0 Å². The summed E-state index contributed by atoms with van der Waals surface area (Å²) in [6.45, 7) is 2.01. The second-order valence-electron chi connectivity index (χ2n) is 7.64. The first kappa shape index (κ1) is 20.0. The van der Waals surface area contributed by atoms with Gasteiger partial charge >= 0.3 is 0 Å². The monoisotopic (exact) mass is 427 g/mol. The summed E-state index contributed by atoms with van der Waals surface area (Å²) in [6.07, 6.45) is 0.926. The molecule has 0 atom stereocenters. The van der Waals surface area contributed by atoms with E-state index in [9.17, 15) is 9.90 Å². The number of carbonyl (C=O) groups is 1. The van der Waals surface area contributed by atoms with Crippen LogP contribution < -0.4 is 4.90 Å². The Morgan fingerprint density at radius 3 is 2.53 bits per heavy atom. The highest BCUT2D eigenvalue weighted by molar-refractivity contribution is 5.95. The average Bonchev–Trinajstić information content (AvgIpc) is 3.36.